The Kier molecular flexibility index (Phi) is 5.40. The van der Waals surface area contributed by atoms with Gasteiger partial charge in [-0.05, 0) is 24.8 Å². The Labute approximate surface area is 130 Å². The molecule has 22 heavy (non-hydrogen) atoms. The van der Waals surface area contributed by atoms with Crippen molar-refractivity contribution in [3.8, 4) is 0 Å². The first-order valence-corrected chi connectivity index (χ1v) is 9.24. The number of carbonyl (C=O) groups is 1. The minimum Gasteiger partial charge on any atom is -0.480 e. The van der Waals surface area contributed by atoms with Crippen molar-refractivity contribution in [1.82, 2.24) is 5.09 Å². The third-order valence-corrected chi connectivity index (χ3v) is 5.57. The van der Waals surface area contributed by atoms with Gasteiger partial charge in [0.2, 0.25) is 0 Å². The van der Waals surface area contributed by atoms with Gasteiger partial charge >= 0.3 is 5.97 Å². The van der Waals surface area contributed by atoms with Crippen LogP contribution in [0.25, 0.3) is 0 Å². The van der Waals surface area contributed by atoms with Crippen molar-refractivity contribution in [2.24, 2.45) is 0 Å². The Balaban J connectivity index is 2.21. The van der Waals surface area contributed by atoms with Gasteiger partial charge in [0.05, 0.1) is 12.3 Å². The zero-order valence-corrected chi connectivity index (χ0v) is 13.5. The average Bonchev–Trinajstić information content (AvgIpc) is 2.99. The molecule has 2 rings (SSSR count). The van der Waals surface area contributed by atoms with Gasteiger partial charge in [-0.25, -0.2) is 5.09 Å². The largest absolute Gasteiger partial charge is 0.480 e. The second kappa shape index (κ2) is 6.92. The van der Waals surface area contributed by atoms with Crippen molar-refractivity contribution < 1.29 is 24.1 Å². The highest BCUT2D eigenvalue weighted by atomic mass is 31.2. The third kappa shape index (κ3) is 3.76. The molecule has 0 bridgehead atoms. The van der Waals surface area contributed by atoms with Crippen LogP contribution in [-0.2, 0) is 20.3 Å². The predicted molar refractivity (Wildman–Crippen MR) is 82.7 cm³/mol. The van der Waals surface area contributed by atoms with Crippen LogP contribution in [0.2, 0.25) is 0 Å². The maximum atomic E-state index is 12.5. The summed E-state index contributed by atoms with van der Waals surface area (Å²) in [4.78, 5) is 22.1. The summed E-state index contributed by atoms with van der Waals surface area (Å²) in [7, 11) is -3.87. The molecule has 3 unspecified atom stereocenters. The van der Waals surface area contributed by atoms with Crippen LogP contribution in [0.3, 0.4) is 0 Å². The molecule has 0 amide bonds. The van der Waals surface area contributed by atoms with Crippen LogP contribution < -0.4 is 5.09 Å². The molecule has 0 radical (unpaired) electrons. The summed E-state index contributed by atoms with van der Waals surface area (Å²) < 4.78 is 18.0. The lowest BCUT2D eigenvalue weighted by Crippen LogP contribution is -2.58. The highest BCUT2D eigenvalue weighted by molar-refractivity contribution is 7.55. The Morgan fingerprint density at radius 3 is 2.64 bits per heavy atom. The minimum absolute atomic E-state index is 0.115. The molecule has 0 aliphatic carbocycles. The van der Waals surface area contributed by atoms with Crippen molar-refractivity contribution in [2.75, 3.05) is 6.61 Å². The van der Waals surface area contributed by atoms with E-state index in [0.29, 0.717) is 18.6 Å². The molecule has 3 N–H and O–H groups in total. The third-order valence-electron chi connectivity index (χ3n) is 4.03. The lowest BCUT2D eigenvalue weighted by atomic mass is 9.89. The second-order valence-electron chi connectivity index (χ2n) is 5.59. The van der Waals surface area contributed by atoms with E-state index in [2.05, 4.69) is 5.09 Å². The maximum Gasteiger partial charge on any atom is 0.327 e. The van der Waals surface area contributed by atoms with Crippen LogP contribution in [0.1, 0.15) is 31.7 Å². The van der Waals surface area contributed by atoms with Gasteiger partial charge in [0, 0.05) is 6.61 Å². The highest BCUT2D eigenvalue weighted by Crippen LogP contribution is 2.45. The Morgan fingerprint density at radius 1 is 1.45 bits per heavy atom. The summed E-state index contributed by atoms with van der Waals surface area (Å²) in [6.07, 6.45) is 0.794. The van der Waals surface area contributed by atoms with Gasteiger partial charge in [-0.3, -0.25) is 9.36 Å². The fourth-order valence-corrected chi connectivity index (χ4v) is 4.67. The zero-order valence-electron chi connectivity index (χ0n) is 12.6. The van der Waals surface area contributed by atoms with Crippen molar-refractivity contribution >= 4 is 13.5 Å². The first-order chi connectivity index (χ1) is 10.4. The molecule has 7 heteroatoms. The fourth-order valence-electron chi connectivity index (χ4n) is 2.86. The summed E-state index contributed by atoms with van der Waals surface area (Å²) in [5.74, 6) is -1.15. The van der Waals surface area contributed by atoms with Gasteiger partial charge in [-0.2, -0.15) is 0 Å². The SMILES string of the molecule is CCC(NP(=O)(O)Cc1ccccc1)(C(=O)O)C1CCCO1. The molecule has 1 aliphatic heterocycles. The minimum atomic E-state index is -3.87. The first kappa shape index (κ1) is 17.2. The molecule has 1 fully saturated rings. The van der Waals surface area contributed by atoms with E-state index in [0.717, 1.165) is 6.42 Å². The molecule has 122 valence electrons. The number of hydrogen-bond acceptors (Lipinski definition) is 3. The summed E-state index contributed by atoms with van der Waals surface area (Å²) in [5, 5.41) is 12.2. The zero-order chi connectivity index (χ0) is 16.2. The van der Waals surface area contributed by atoms with Gasteiger partial charge < -0.3 is 14.7 Å². The number of carboxylic acid groups (broad SMARTS) is 1. The van der Waals surface area contributed by atoms with Crippen LogP contribution in [-0.4, -0.2) is 34.2 Å². The van der Waals surface area contributed by atoms with Crippen LogP contribution >= 0.6 is 7.52 Å². The van der Waals surface area contributed by atoms with E-state index in [1.165, 1.54) is 0 Å². The van der Waals surface area contributed by atoms with E-state index < -0.39 is 25.1 Å². The summed E-state index contributed by atoms with van der Waals surface area (Å²) in [6, 6.07) is 8.86. The quantitative estimate of drug-likeness (QED) is 0.666. The summed E-state index contributed by atoms with van der Waals surface area (Å²) in [6.45, 7) is 2.17. The first-order valence-electron chi connectivity index (χ1n) is 7.40. The molecule has 1 saturated heterocycles. The molecule has 1 aromatic carbocycles. The Morgan fingerprint density at radius 2 is 2.14 bits per heavy atom. The lowest BCUT2D eigenvalue weighted by molar-refractivity contribution is -0.150. The molecule has 1 aliphatic rings. The van der Waals surface area contributed by atoms with Crippen LogP contribution in [0.5, 0.6) is 0 Å². The van der Waals surface area contributed by atoms with E-state index in [4.69, 9.17) is 4.74 Å². The monoisotopic (exact) mass is 327 g/mol. The van der Waals surface area contributed by atoms with Crippen LogP contribution in [0, 0.1) is 0 Å². The van der Waals surface area contributed by atoms with E-state index >= 15 is 0 Å². The lowest BCUT2D eigenvalue weighted by Gasteiger charge is -2.36. The van der Waals surface area contributed by atoms with E-state index in [1.54, 1.807) is 31.2 Å². The van der Waals surface area contributed by atoms with Crippen molar-refractivity contribution in [2.45, 2.75) is 44.0 Å². The fraction of sp³-hybridized carbons (Fsp3) is 0.533. The molecule has 0 aromatic heterocycles. The van der Waals surface area contributed by atoms with Gasteiger partial charge in [0.1, 0.15) is 5.54 Å². The standard InChI is InChI=1S/C15H22NO5P/c1-2-15(14(17)18,13-9-6-10-21-13)16-22(19,20)11-12-7-4-3-5-8-12/h3-5,7-8,13H,2,6,9-11H2,1H3,(H,17,18)(H2,16,19,20). The number of carboxylic acids is 1. The predicted octanol–water partition coefficient (Wildman–Crippen LogP) is 2.37. The number of hydrogen-bond donors (Lipinski definition) is 3. The van der Waals surface area contributed by atoms with Gasteiger partial charge in [0.25, 0.3) is 7.52 Å². The average molecular weight is 327 g/mol. The summed E-state index contributed by atoms with van der Waals surface area (Å²) in [5.41, 5.74) is -0.848. The molecule has 0 spiro atoms. The smallest absolute Gasteiger partial charge is 0.327 e. The highest BCUT2D eigenvalue weighted by Gasteiger charge is 2.50. The van der Waals surface area contributed by atoms with Crippen molar-refractivity contribution in [3.63, 3.8) is 0 Å². The molecular weight excluding hydrogens is 305 g/mol. The second-order valence-corrected chi connectivity index (χ2v) is 7.53. The van der Waals surface area contributed by atoms with Gasteiger partial charge in [-0.15, -0.1) is 0 Å². The summed E-state index contributed by atoms with van der Waals surface area (Å²) >= 11 is 0. The Bertz CT molecular complexity index is 558. The molecular formula is C15H22NO5P. The van der Waals surface area contributed by atoms with E-state index in [9.17, 15) is 19.4 Å². The number of ether oxygens (including phenoxy) is 1. The normalized spacial score (nSPS) is 23.6. The van der Waals surface area contributed by atoms with Crippen molar-refractivity contribution in [1.29, 1.82) is 0 Å². The van der Waals surface area contributed by atoms with Crippen molar-refractivity contribution in [3.05, 3.63) is 35.9 Å². The molecule has 1 heterocycles. The maximum absolute atomic E-state index is 12.5. The number of aliphatic carboxylic acids is 1. The van der Waals surface area contributed by atoms with Gasteiger partial charge in [-0.1, -0.05) is 37.3 Å². The van der Waals surface area contributed by atoms with Crippen LogP contribution in [0.15, 0.2) is 30.3 Å². The molecule has 3 atom stereocenters. The van der Waals surface area contributed by atoms with Crippen LogP contribution in [0.4, 0.5) is 0 Å². The molecule has 0 saturated carbocycles. The molecule has 1 aromatic rings. The number of nitrogens with one attached hydrogen (secondary N) is 1. The van der Waals surface area contributed by atoms with Gasteiger partial charge in [0.15, 0.2) is 0 Å². The Hall–Kier alpha value is -1.20. The van der Waals surface area contributed by atoms with E-state index in [1.807, 2.05) is 6.07 Å². The topological polar surface area (TPSA) is 95.9 Å². The number of rotatable bonds is 7. The van der Waals surface area contributed by atoms with E-state index in [-0.39, 0.29) is 12.6 Å². The number of benzene rings is 1. The molecule has 6 nitrogen and oxygen atoms in total.